The molecule has 1 N–H and O–H groups in total. The molecule has 0 bridgehead atoms. The fourth-order valence-electron chi connectivity index (χ4n) is 4.41. The number of benzene rings is 4. The normalized spacial score (nSPS) is 11.4. The Morgan fingerprint density at radius 2 is 1.46 bits per heavy atom. The van der Waals surface area contributed by atoms with Gasteiger partial charge in [0, 0.05) is 0 Å². The third-order valence-corrected chi connectivity index (χ3v) is 6.60. The summed E-state index contributed by atoms with van der Waals surface area (Å²) in [7, 11) is 0. The van der Waals surface area contributed by atoms with Gasteiger partial charge in [-0.3, -0.25) is 4.79 Å². The van der Waals surface area contributed by atoms with Crippen molar-refractivity contribution in [3.8, 4) is 22.9 Å². The molecule has 0 aliphatic rings. The number of carbonyl (C=O) groups is 1. The number of aryl methyl sites for hydroxylation is 2. The monoisotopic (exact) mass is 489 g/mol. The van der Waals surface area contributed by atoms with Crippen LogP contribution in [0.5, 0.6) is 5.75 Å². The van der Waals surface area contributed by atoms with Crippen molar-refractivity contribution in [2.24, 2.45) is 5.92 Å². The summed E-state index contributed by atoms with van der Waals surface area (Å²) in [5, 5.41) is 18.8. The van der Waals surface area contributed by atoms with E-state index in [1.54, 1.807) is 6.07 Å². The fraction of sp³-hybridized carbons (Fsp3) is 0.212. The van der Waals surface area contributed by atoms with Crippen molar-refractivity contribution in [1.29, 1.82) is 5.26 Å². The molecule has 0 heterocycles. The van der Waals surface area contributed by atoms with Crippen LogP contribution in [0.3, 0.4) is 0 Å². The van der Waals surface area contributed by atoms with Crippen LogP contribution >= 0.6 is 0 Å². The summed E-state index contributed by atoms with van der Waals surface area (Å²) < 4.78 is 5.85. The minimum absolute atomic E-state index is 0.361. The van der Waals surface area contributed by atoms with Crippen LogP contribution in [0.15, 0.2) is 103 Å². The van der Waals surface area contributed by atoms with E-state index in [1.807, 2.05) is 72.8 Å². The first-order chi connectivity index (χ1) is 18.1. The molecule has 4 aromatic carbocycles. The molecule has 0 aliphatic heterocycles. The number of ether oxygens (including phenoxy) is 1. The molecule has 0 aromatic heterocycles. The highest BCUT2D eigenvalue weighted by Crippen LogP contribution is 2.23. The van der Waals surface area contributed by atoms with Gasteiger partial charge >= 0.3 is 5.97 Å². The summed E-state index contributed by atoms with van der Waals surface area (Å²) in [5.41, 5.74) is 6.13. The van der Waals surface area contributed by atoms with Crippen LogP contribution in [0.2, 0.25) is 0 Å². The zero-order chi connectivity index (χ0) is 25.9. The van der Waals surface area contributed by atoms with E-state index in [0.717, 1.165) is 47.3 Å². The second-order valence-corrected chi connectivity index (χ2v) is 9.27. The Bertz CT molecular complexity index is 1320. The van der Waals surface area contributed by atoms with Gasteiger partial charge in [0.05, 0.1) is 17.6 Å². The molecular formula is C33H31NO3. The summed E-state index contributed by atoms with van der Waals surface area (Å²) in [6.07, 6.45) is 3.67. The predicted molar refractivity (Wildman–Crippen MR) is 146 cm³/mol. The lowest BCUT2D eigenvalue weighted by Gasteiger charge is -2.13. The van der Waals surface area contributed by atoms with Gasteiger partial charge in [-0.1, -0.05) is 78.9 Å². The third-order valence-electron chi connectivity index (χ3n) is 6.60. The van der Waals surface area contributed by atoms with E-state index >= 15 is 0 Å². The largest absolute Gasteiger partial charge is 0.489 e. The molecule has 4 nitrogen and oxygen atoms in total. The van der Waals surface area contributed by atoms with E-state index in [4.69, 9.17) is 10.00 Å². The van der Waals surface area contributed by atoms with Crippen molar-refractivity contribution in [3.63, 3.8) is 0 Å². The summed E-state index contributed by atoms with van der Waals surface area (Å²) >= 11 is 0. The molecule has 1 atom stereocenters. The Balaban J connectivity index is 1.23. The van der Waals surface area contributed by atoms with E-state index in [2.05, 4.69) is 30.3 Å². The first-order valence-corrected chi connectivity index (χ1v) is 12.7. The van der Waals surface area contributed by atoms with Crippen LogP contribution in [0.1, 0.15) is 41.5 Å². The van der Waals surface area contributed by atoms with Crippen molar-refractivity contribution in [3.05, 3.63) is 125 Å². The minimum atomic E-state index is -0.727. The SMILES string of the molecule is N#Cc1cccc(-c2ccc(CCC(CCCc3ccc(OCc4ccccc4)cc3)C(=O)O)cc2)c1. The number of nitriles is 1. The minimum Gasteiger partial charge on any atom is -0.489 e. The molecular weight excluding hydrogens is 458 g/mol. The highest BCUT2D eigenvalue weighted by Gasteiger charge is 2.17. The lowest BCUT2D eigenvalue weighted by atomic mass is 9.93. The zero-order valence-corrected chi connectivity index (χ0v) is 20.8. The number of nitrogens with zero attached hydrogens (tertiary/aromatic N) is 1. The second kappa shape index (κ2) is 13.1. The maximum Gasteiger partial charge on any atom is 0.306 e. The number of carboxylic acids is 1. The quantitative estimate of drug-likeness (QED) is 0.224. The lowest BCUT2D eigenvalue weighted by Crippen LogP contribution is -2.15. The number of carboxylic acid groups (broad SMARTS) is 1. The first-order valence-electron chi connectivity index (χ1n) is 12.7. The van der Waals surface area contributed by atoms with E-state index in [9.17, 15) is 9.90 Å². The van der Waals surface area contributed by atoms with Crippen molar-refractivity contribution in [1.82, 2.24) is 0 Å². The third kappa shape index (κ3) is 7.81. The van der Waals surface area contributed by atoms with Crippen molar-refractivity contribution < 1.29 is 14.6 Å². The van der Waals surface area contributed by atoms with Crippen LogP contribution < -0.4 is 4.74 Å². The van der Waals surface area contributed by atoms with Gasteiger partial charge in [0.15, 0.2) is 0 Å². The van der Waals surface area contributed by atoms with Gasteiger partial charge < -0.3 is 9.84 Å². The molecule has 4 aromatic rings. The summed E-state index contributed by atoms with van der Waals surface area (Å²) in [6, 6.07) is 36.0. The standard InChI is InChI=1S/C33H31NO3/c34-23-28-9-5-11-31(22-28)29-17-12-26(13-18-29)14-19-30(33(35)36)10-4-8-25-15-20-32(21-16-25)37-24-27-6-2-1-3-7-27/h1-3,5-7,9,11-13,15-18,20-22,30H,4,8,10,14,19,24H2,(H,35,36). The van der Waals surface area contributed by atoms with Gasteiger partial charge in [0.25, 0.3) is 0 Å². The molecule has 0 saturated heterocycles. The Morgan fingerprint density at radius 1 is 0.757 bits per heavy atom. The maximum atomic E-state index is 11.9. The van der Waals surface area contributed by atoms with Crippen LogP contribution in [0, 0.1) is 17.2 Å². The summed E-state index contributed by atoms with van der Waals surface area (Å²) in [6.45, 7) is 0.539. The van der Waals surface area contributed by atoms with E-state index in [0.29, 0.717) is 25.0 Å². The molecule has 37 heavy (non-hydrogen) atoms. The molecule has 186 valence electrons. The maximum absolute atomic E-state index is 11.9. The summed E-state index contributed by atoms with van der Waals surface area (Å²) in [5.74, 6) is -0.255. The molecule has 0 radical (unpaired) electrons. The van der Waals surface area contributed by atoms with Crippen LogP contribution in [-0.4, -0.2) is 11.1 Å². The smallest absolute Gasteiger partial charge is 0.306 e. The highest BCUT2D eigenvalue weighted by molar-refractivity contribution is 5.70. The van der Waals surface area contributed by atoms with Gasteiger partial charge in [-0.05, 0) is 84.2 Å². The Labute approximate surface area is 218 Å². The van der Waals surface area contributed by atoms with Gasteiger partial charge in [0.1, 0.15) is 12.4 Å². The topological polar surface area (TPSA) is 70.3 Å². The molecule has 0 amide bonds. The van der Waals surface area contributed by atoms with Gasteiger partial charge in [-0.15, -0.1) is 0 Å². The van der Waals surface area contributed by atoms with Crippen LogP contribution in [0.4, 0.5) is 0 Å². The molecule has 0 spiro atoms. The molecule has 0 aliphatic carbocycles. The van der Waals surface area contributed by atoms with E-state index in [1.165, 1.54) is 5.56 Å². The number of rotatable bonds is 12. The van der Waals surface area contributed by atoms with Crippen molar-refractivity contribution >= 4 is 5.97 Å². The number of hydrogen-bond acceptors (Lipinski definition) is 3. The predicted octanol–water partition coefficient (Wildman–Crippen LogP) is 7.46. The average molecular weight is 490 g/mol. The van der Waals surface area contributed by atoms with Crippen molar-refractivity contribution in [2.45, 2.75) is 38.7 Å². The van der Waals surface area contributed by atoms with E-state index < -0.39 is 5.97 Å². The average Bonchev–Trinajstić information content (AvgIpc) is 2.95. The summed E-state index contributed by atoms with van der Waals surface area (Å²) in [4.78, 5) is 11.9. The molecule has 0 saturated carbocycles. The zero-order valence-electron chi connectivity index (χ0n) is 20.8. The Morgan fingerprint density at radius 3 is 2.16 bits per heavy atom. The Kier molecular flexibility index (Phi) is 9.10. The van der Waals surface area contributed by atoms with Crippen LogP contribution in [-0.2, 0) is 24.2 Å². The van der Waals surface area contributed by atoms with Gasteiger partial charge in [-0.2, -0.15) is 5.26 Å². The van der Waals surface area contributed by atoms with Crippen molar-refractivity contribution in [2.75, 3.05) is 0 Å². The number of hydrogen-bond donors (Lipinski definition) is 1. The van der Waals surface area contributed by atoms with Crippen LogP contribution in [0.25, 0.3) is 11.1 Å². The van der Waals surface area contributed by atoms with Gasteiger partial charge in [-0.25, -0.2) is 0 Å². The second-order valence-electron chi connectivity index (χ2n) is 9.27. The number of aliphatic carboxylic acids is 1. The molecule has 4 heteroatoms. The lowest BCUT2D eigenvalue weighted by molar-refractivity contribution is -0.142. The first kappa shape index (κ1) is 25.7. The fourth-order valence-corrected chi connectivity index (χ4v) is 4.41. The van der Waals surface area contributed by atoms with Gasteiger partial charge in [0.2, 0.25) is 0 Å². The van der Waals surface area contributed by atoms with E-state index in [-0.39, 0.29) is 5.92 Å². The highest BCUT2D eigenvalue weighted by atomic mass is 16.5. The molecule has 0 fully saturated rings. The molecule has 4 rings (SSSR count). The molecule has 1 unspecified atom stereocenters. The Hall–Kier alpha value is -4.36.